The lowest BCUT2D eigenvalue weighted by Gasteiger charge is -2.11. The first-order valence-corrected chi connectivity index (χ1v) is 16.8. The molecule has 8 aromatic carbocycles. The maximum atomic E-state index is 6.37. The highest BCUT2D eigenvalue weighted by Crippen LogP contribution is 2.44. The quantitative estimate of drug-likeness (QED) is 0.177. The molecule has 0 saturated heterocycles. The van der Waals surface area contributed by atoms with Crippen molar-refractivity contribution in [2.75, 3.05) is 0 Å². The molecular weight excluding hydrogens is 591 g/mol. The molecule has 3 aromatic heterocycles. The van der Waals surface area contributed by atoms with E-state index in [0.29, 0.717) is 0 Å². The number of fused-ring (bicyclic) bond motifs is 14. The number of thiophene rings is 1. The third-order valence-corrected chi connectivity index (χ3v) is 11.1. The first-order valence-electron chi connectivity index (χ1n) is 16.0. The van der Waals surface area contributed by atoms with Gasteiger partial charge in [0.2, 0.25) is 0 Å². The monoisotopic (exact) mass is 615 g/mol. The molecule has 0 bridgehead atoms. The average Bonchev–Trinajstić information content (AvgIpc) is 3.81. The molecule has 0 fully saturated rings. The summed E-state index contributed by atoms with van der Waals surface area (Å²) in [7, 11) is 0. The summed E-state index contributed by atoms with van der Waals surface area (Å²) in [5.74, 6) is 0. The zero-order valence-corrected chi connectivity index (χ0v) is 26.0. The highest BCUT2D eigenvalue weighted by Gasteiger charge is 2.18. The van der Waals surface area contributed by atoms with E-state index < -0.39 is 0 Å². The van der Waals surface area contributed by atoms with Crippen LogP contribution in [0.3, 0.4) is 0 Å². The molecule has 0 spiro atoms. The van der Waals surface area contributed by atoms with Crippen molar-refractivity contribution >= 4 is 96.8 Å². The largest absolute Gasteiger partial charge is 0.455 e. The van der Waals surface area contributed by atoms with Crippen LogP contribution in [-0.4, -0.2) is 4.57 Å². The van der Waals surface area contributed by atoms with E-state index in [-0.39, 0.29) is 0 Å². The Kier molecular flexibility index (Phi) is 5.02. The van der Waals surface area contributed by atoms with Gasteiger partial charge in [0.15, 0.2) is 0 Å². The maximum absolute atomic E-state index is 6.37. The molecule has 0 aliphatic rings. The summed E-state index contributed by atoms with van der Waals surface area (Å²) < 4.78 is 11.5. The van der Waals surface area contributed by atoms with Gasteiger partial charge in [0.1, 0.15) is 11.2 Å². The summed E-state index contributed by atoms with van der Waals surface area (Å²) in [6.07, 6.45) is 0. The lowest BCUT2D eigenvalue weighted by Crippen LogP contribution is -1.93. The lowest BCUT2D eigenvalue weighted by molar-refractivity contribution is 0.670. The van der Waals surface area contributed by atoms with Gasteiger partial charge < -0.3 is 8.98 Å². The van der Waals surface area contributed by atoms with Gasteiger partial charge in [0, 0.05) is 53.0 Å². The number of nitrogens with zero attached hydrogens (tertiary/aromatic N) is 1. The van der Waals surface area contributed by atoms with E-state index in [1.807, 2.05) is 23.5 Å². The van der Waals surface area contributed by atoms with E-state index in [1.165, 1.54) is 63.5 Å². The fourth-order valence-corrected chi connectivity index (χ4v) is 9.07. The van der Waals surface area contributed by atoms with Crippen LogP contribution in [0.4, 0.5) is 0 Å². The van der Waals surface area contributed by atoms with Gasteiger partial charge in [-0.1, -0.05) is 109 Å². The molecule has 3 heteroatoms. The van der Waals surface area contributed by atoms with Crippen molar-refractivity contribution in [3.63, 3.8) is 0 Å². The normalized spacial score (nSPS) is 12.3. The molecule has 3 heterocycles. The summed E-state index contributed by atoms with van der Waals surface area (Å²) >= 11 is 1.88. The Hall–Kier alpha value is -5.90. The van der Waals surface area contributed by atoms with Crippen LogP contribution in [0, 0.1) is 0 Å². The van der Waals surface area contributed by atoms with Crippen LogP contribution in [-0.2, 0) is 0 Å². The van der Waals surface area contributed by atoms with Crippen molar-refractivity contribution < 1.29 is 4.42 Å². The second-order valence-corrected chi connectivity index (χ2v) is 13.5. The van der Waals surface area contributed by atoms with Crippen LogP contribution >= 0.6 is 11.3 Å². The highest BCUT2D eigenvalue weighted by atomic mass is 32.1. The number of hydrogen-bond donors (Lipinski definition) is 0. The molecule has 0 aliphatic carbocycles. The third kappa shape index (κ3) is 3.44. The Morgan fingerprint density at radius 3 is 2.06 bits per heavy atom. The Balaban J connectivity index is 1.15. The van der Waals surface area contributed by atoms with Gasteiger partial charge in [-0.05, 0) is 69.6 Å². The number of benzene rings is 8. The number of aromatic nitrogens is 1. The molecule has 0 radical (unpaired) electrons. The van der Waals surface area contributed by atoms with Crippen LogP contribution in [0.5, 0.6) is 0 Å². The zero-order chi connectivity index (χ0) is 30.6. The maximum Gasteiger partial charge on any atom is 0.143 e. The van der Waals surface area contributed by atoms with Crippen molar-refractivity contribution in [1.29, 1.82) is 0 Å². The van der Waals surface area contributed by atoms with Gasteiger partial charge in [-0.2, -0.15) is 0 Å². The Bertz CT molecular complexity index is 3060. The molecule has 0 unspecified atom stereocenters. The molecule has 0 amide bonds. The van der Waals surface area contributed by atoms with Crippen LogP contribution < -0.4 is 0 Å². The predicted octanol–water partition coefficient (Wildman–Crippen LogP) is 13.0. The van der Waals surface area contributed by atoms with Crippen molar-refractivity contribution in [2.24, 2.45) is 0 Å². The molecule has 0 N–H and O–H groups in total. The molecule has 47 heavy (non-hydrogen) atoms. The highest BCUT2D eigenvalue weighted by molar-refractivity contribution is 7.26. The molecule has 0 aliphatic heterocycles. The Morgan fingerprint density at radius 1 is 0.426 bits per heavy atom. The fraction of sp³-hybridized carbons (Fsp3) is 0. The summed E-state index contributed by atoms with van der Waals surface area (Å²) in [6, 6.07) is 55.2. The lowest BCUT2D eigenvalue weighted by atomic mass is 9.95. The van der Waals surface area contributed by atoms with Crippen molar-refractivity contribution in [3.8, 4) is 16.8 Å². The van der Waals surface area contributed by atoms with E-state index in [0.717, 1.165) is 38.8 Å². The van der Waals surface area contributed by atoms with Crippen LogP contribution in [0.25, 0.3) is 102 Å². The molecule has 11 aromatic rings. The zero-order valence-electron chi connectivity index (χ0n) is 25.2. The summed E-state index contributed by atoms with van der Waals surface area (Å²) in [5, 5.41) is 12.8. The number of hydrogen-bond acceptors (Lipinski definition) is 2. The second-order valence-electron chi connectivity index (χ2n) is 12.4. The smallest absolute Gasteiger partial charge is 0.143 e. The fourth-order valence-electron chi connectivity index (χ4n) is 7.96. The molecule has 2 nitrogen and oxygen atoms in total. The molecule has 0 atom stereocenters. The summed E-state index contributed by atoms with van der Waals surface area (Å²) in [6.45, 7) is 0. The van der Waals surface area contributed by atoms with Crippen molar-refractivity contribution in [1.82, 2.24) is 4.57 Å². The Labute approximate surface area is 273 Å². The van der Waals surface area contributed by atoms with E-state index in [1.54, 1.807) is 0 Å². The van der Waals surface area contributed by atoms with E-state index >= 15 is 0 Å². The number of para-hydroxylation sites is 3. The van der Waals surface area contributed by atoms with E-state index in [9.17, 15) is 0 Å². The summed E-state index contributed by atoms with van der Waals surface area (Å²) in [5.41, 5.74) is 7.67. The minimum absolute atomic E-state index is 0.921. The second kappa shape index (κ2) is 9.32. The van der Waals surface area contributed by atoms with Crippen molar-refractivity contribution in [3.05, 3.63) is 152 Å². The third-order valence-electron chi connectivity index (χ3n) is 9.99. The average molecular weight is 616 g/mol. The van der Waals surface area contributed by atoms with Crippen LogP contribution in [0.1, 0.15) is 0 Å². The molecule has 218 valence electrons. The first kappa shape index (κ1) is 25.3. The Morgan fingerprint density at radius 2 is 1.15 bits per heavy atom. The predicted molar refractivity (Wildman–Crippen MR) is 201 cm³/mol. The van der Waals surface area contributed by atoms with Crippen LogP contribution in [0.15, 0.2) is 156 Å². The van der Waals surface area contributed by atoms with Crippen molar-refractivity contribution in [2.45, 2.75) is 0 Å². The SMILES string of the molecule is c1ccc2c(c1)oc1c(-c3ccc(-n4c5ccccc5c5c6ccc7ccc8sc9ccccc9c8c7c6ccc54)cc3)cccc12. The standard InChI is InChI=1S/C44H25NOS/c1-4-13-36-34(9-1)42-32-22-18-27-19-25-40-43(35-10-3-6-15-39(35)47-40)41(27)31(32)23-24-37(42)45(36)28-20-16-26(17-21-28)29-11-7-12-33-30-8-2-5-14-38(30)46-44(29)33/h1-25H. The van der Waals surface area contributed by atoms with Gasteiger partial charge in [0.25, 0.3) is 0 Å². The van der Waals surface area contributed by atoms with E-state index in [4.69, 9.17) is 4.42 Å². The molecule has 11 rings (SSSR count). The number of rotatable bonds is 2. The first-order chi connectivity index (χ1) is 23.3. The molecule has 0 saturated carbocycles. The van der Waals surface area contributed by atoms with Gasteiger partial charge in [-0.25, -0.2) is 0 Å². The minimum atomic E-state index is 0.921. The topological polar surface area (TPSA) is 18.1 Å². The van der Waals surface area contributed by atoms with Crippen LogP contribution in [0.2, 0.25) is 0 Å². The molecular formula is C44H25NOS. The van der Waals surface area contributed by atoms with Gasteiger partial charge in [-0.15, -0.1) is 11.3 Å². The number of furan rings is 1. The van der Waals surface area contributed by atoms with E-state index in [2.05, 4.69) is 144 Å². The van der Waals surface area contributed by atoms with Gasteiger partial charge in [0.05, 0.1) is 11.0 Å². The van der Waals surface area contributed by atoms with Gasteiger partial charge >= 0.3 is 0 Å². The summed E-state index contributed by atoms with van der Waals surface area (Å²) in [4.78, 5) is 0. The minimum Gasteiger partial charge on any atom is -0.455 e. The van der Waals surface area contributed by atoms with Gasteiger partial charge in [-0.3, -0.25) is 0 Å².